The van der Waals surface area contributed by atoms with Gasteiger partial charge in [-0.15, -0.1) is 0 Å². The molecule has 2 saturated heterocycles. The number of carbonyl (C=O) groups is 1. The van der Waals surface area contributed by atoms with Crippen molar-refractivity contribution in [1.29, 1.82) is 0 Å². The number of nitrogens with one attached hydrogen (secondary N) is 1. The highest BCUT2D eigenvalue weighted by atomic mass is 19.1. The number of pyridine rings is 3. The van der Waals surface area contributed by atoms with E-state index < -0.39 is 5.67 Å². The first-order chi connectivity index (χ1) is 18.9. The second-order valence-electron chi connectivity index (χ2n) is 10.9. The first-order valence-corrected chi connectivity index (χ1v) is 13.7. The Morgan fingerprint density at radius 1 is 1.08 bits per heavy atom. The molecule has 1 amide bonds. The van der Waals surface area contributed by atoms with Crippen molar-refractivity contribution in [2.75, 3.05) is 42.1 Å². The Bertz CT molecular complexity index is 1300. The molecule has 0 aliphatic carbocycles. The molecule has 3 aliphatic rings. The molecule has 204 valence electrons. The lowest BCUT2D eigenvalue weighted by molar-refractivity contribution is -0.148. The third kappa shape index (κ3) is 5.13. The van der Waals surface area contributed by atoms with E-state index in [0.717, 1.165) is 41.3 Å². The first-order valence-electron chi connectivity index (χ1n) is 13.7. The fraction of sp³-hybridized carbons (Fsp3) is 0.448. The Hall–Kier alpha value is -3.79. The van der Waals surface area contributed by atoms with Crippen LogP contribution in [-0.4, -0.2) is 68.5 Å². The minimum atomic E-state index is -1.81. The van der Waals surface area contributed by atoms with Gasteiger partial charge in [-0.1, -0.05) is 6.07 Å². The first kappa shape index (κ1) is 25.5. The number of hydrogen-bond acceptors (Lipinski definition) is 8. The van der Waals surface area contributed by atoms with Crippen LogP contribution in [0.3, 0.4) is 0 Å². The zero-order valence-corrected chi connectivity index (χ0v) is 22.3. The maximum atomic E-state index is 16.0. The number of halogens is 1. The number of fused-ring (bicyclic) bond motifs is 1. The quantitative estimate of drug-likeness (QED) is 0.515. The standard InChI is InChI=1S/C29H35FN8O/c1-20-17-21(18-25(31)34-20)19-36-15-9-29(30,10-16-36)28(39)37-13-7-22(8-14-37)38-26-24(6-4-12-33-26)35-27(38)23-5-2-3-11-32-23/h2-6,11-12,17-18,22,27,35H,7-10,13-16,19H2,1H3,(H2,31,34). The summed E-state index contributed by atoms with van der Waals surface area (Å²) in [4.78, 5) is 33.1. The van der Waals surface area contributed by atoms with Gasteiger partial charge in [0.2, 0.25) is 0 Å². The molecule has 9 nitrogen and oxygen atoms in total. The van der Waals surface area contributed by atoms with E-state index in [-0.39, 0.29) is 31.0 Å². The molecule has 3 aliphatic heterocycles. The second kappa shape index (κ2) is 10.4. The van der Waals surface area contributed by atoms with Crippen molar-refractivity contribution >= 4 is 23.2 Å². The summed E-state index contributed by atoms with van der Waals surface area (Å²) in [6, 6.07) is 13.9. The topological polar surface area (TPSA) is 104 Å². The van der Waals surface area contributed by atoms with E-state index in [4.69, 9.17) is 5.73 Å². The lowest BCUT2D eigenvalue weighted by Gasteiger charge is -2.43. The summed E-state index contributed by atoms with van der Waals surface area (Å²) < 4.78 is 16.0. The molecule has 0 aromatic carbocycles. The largest absolute Gasteiger partial charge is 0.384 e. The molecule has 2 fully saturated rings. The highest BCUT2D eigenvalue weighted by molar-refractivity contribution is 5.85. The normalized spacial score (nSPS) is 21.4. The van der Waals surface area contributed by atoms with Gasteiger partial charge in [0.05, 0.1) is 11.4 Å². The molecule has 0 spiro atoms. The van der Waals surface area contributed by atoms with Gasteiger partial charge in [0.15, 0.2) is 11.5 Å². The van der Waals surface area contributed by atoms with Crippen molar-refractivity contribution in [2.45, 2.75) is 57.0 Å². The molecule has 3 aromatic rings. The summed E-state index contributed by atoms with van der Waals surface area (Å²) in [7, 11) is 0. The minimum absolute atomic E-state index is 0.125. The smallest absolute Gasteiger partial charge is 0.260 e. The van der Waals surface area contributed by atoms with Crippen molar-refractivity contribution in [3.63, 3.8) is 0 Å². The number of aryl methyl sites for hydroxylation is 1. The van der Waals surface area contributed by atoms with Crippen LogP contribution >= 0.6 is 0 Å². The summed E-state index contributed by atoms with van der Waals surface area (Å²) >= 11 is 0. The van der Waals surface area contributed by atoms with Crippen LogP contribution in [0, 0.1) is 6.92 Å². The number of hydrogen-bond donors (Lipinski definition) is 2. The fourth-order valence-corrected chi connectivity index (χ4v) is 6.22. The molecule has 10 heteroatoms. The van der Waals surface area contributed by atoms with Crippen LogP contribution in [0.4, 0.5) is 21.7 Å². The second-order valence-corrected chi connectivity index (χ2v) is 10.9. The van der Waals surface area contributed by atoms with E-state index in [1.807, 2.05) is 49.4 Å². The van der Waals surface area contributed by atoms with Gasteiger partial charge < -0.3 is 20.9 Å². The van der Waals surface area contributed by atoms with E-state index >= 15 is 4.39 Å². The zero-order valence-electron chi connectivity index (χ0n) is 22.3. The molecule has 0 radical (unpaired) electrons. The molecule has 0 bridgehead atoms. The number of amides is 1. The van der Waals surface area contributed by atoms with Crippen LogP contribution in [0.5, 0.6) is 0 Å². The maximum absolute atomic E-state index is 16.0. The van der Waals surface area contributed by atoms with Gasteiger partial charge in [-0.25, -0.2) is 14.4 Å². The number of nitrogen functional groups attached to an aromatic ring is 1. The predicted molar refractivity (Wildman–Crippen MR) is 149 cm³/mol. The van der Waals surface area contributed by atoms with Crippen molar-refractivity contribution in [1.82, 2.24) is 24.8 Å². The molecular weight excluding hydrogens is 495 g/mol. The number of nitrogens with two attached hydrogens (primary N) is 1. The Balaban J connectivity index is 1.08. The van der Waals surface area contributed by atoms with Gasteiger partial charge in [0, 0.05) is 69.7 Å². The molecule has 6 rings (SSSR count). The molecular formula is C29H35FN8O. The van der Waals surface area contributed by atoms with Gasteiger partial charge in [0.25, 0.3) is 5.91 Å². The minimum Gasteiger partial charge on any atom is -0.384 e. The average molecular weight is 531 g/mol. The highest BCUT2D eigenvalue weighted by Gasteiger charge is 2.46. The van der Waals surface area contributed by atoms with Crippen molar-refractivity contribution in [3.8, 4) is 0 Å². The lowest BCUT2D eigenvalue weighted by Crippen LogP contribution is -2.55. The van der Waals surface area contributed by atoms with Gasteiger partial charge >= 0.3 is 0 Å². The van der Waals surface area contributed by atoms with E-state index in [1.165, 1.54) is 0 Å². The number of piperidine rings is 2. The van der Waals surface area contributed by atoms with Gasteiger partial charge in [-0.3, -0.25) is 14.7 Å². The van der Waals surface area contributed by atoms with Crippen LogP contribution in [0.25, 0.3) is 0 Å². The van der Waals surface area contributed by atoms with Crippen LogP contribution in [-0.2, 0) is 11.3 Å². The van der Waals surface area contributed by atoms with Crippen LogP contribution in [0.15, 0.2) is 54.9 Å². The van der Waals surface area contributed by atoms with Crippen molar-refractivity contribution in [2.24, 2.45) is 0 Å². The maximum Gasteiger partial charge on any atom is 0.260 e. The molecule has 3 aromatic heterocycles. The van der Waals surface area contributed by atoms with Gasteiger partial charge in [0.1, 0.15) is 12.0 Å². The number of likely N-dealkylation sites (tertiary alicyclic amines) is 2. The fourth-order valence-electron chi connectivity index (χ4n) is 6.22. The predicted octanol–water partition coefficient (Wildman–Crippen LogP) is 3.69. The van der Waals surface area contributed by atoms with E-state index in [1.54, 1.807) is 17.3 Å². The summed E-state index contributed by atoms with van der Waals surface area (Å²) in [5, 5.41) is 3.56. The molecule has 1 unspecified atom stereocenters. The van der Waals surface area contributed by atoms with E-state index in [0.29, 0.717) is 38.5 Å². The average Bonchev–Trinajstić information content (AvgIpc) is 3.34. The number of carbonyl (C=O) groups excluding carboxylic acids is 1. The zero-order chi connectivity index (χ0) is 27.0. The van der Waals surface area contributed by atoms with Crippen LogP contribution < -0.4 is 16.0 Å². The number of rotatable bonds is 5. The number of anilines is 3. The third-order valence-electron chi connectivity index (χ3n) is 8.19. The van der Waals surface area contributed by atoms with Gasteiger partial charge in [-0.05, 0) is 61.7 Å². The van der Waals surface area contributed by atoms with Crippen molar-refractivity contribution in [3.05, 3.63) is 71.8 Å². The number of nitrogens with zero attached hydrogens (tertiary/aromatic N) is 6. The highest BCUT2D eigenvalue weighted by Crippen LogP contribution is 2.42. The molecule has 39 heavy (non-hydrogen) atoms. The molecule has 6 heterocycles. The monoisotopic (exact) mass is 530 g/mol. The summed E-state index contributed by atoms with van der Waals surface area (Å²) in [5.74, 6) is 1.04. The van der Waals surface area contributed by atoms with Crippen molar-refractivity contribution < 1.29 is 9.18 Å². The Kier molecular flexibility index (Phi) is 6.80. The van der Waals surface area contributed by atoms with Crippen LogP contribution in [0.2, 0.25) is 0 Å². The molecule has 1 atom stereocenters. The summed E-state index contributed by atoms with van der Waals surface area (Å²) in [6.07, 6.45) is 5.39. The third-order valence-corrected chi connectivity index (χ3v) is 8.19. The SMILES string of the molecule is Cc1cc(CN2CCC(F)(C(=O)N3CCC(N4c5ncccc5NC4c4ccccn4)CC3)CC2)cc(N)n1. The Labute approximate surface area is 228 Å². The summed E-state index contributed by atoms with van der Waals surface area (Å²) in [6.45, 7) is 4.73. The van der Waals surface area contributed by atoms with Crippen LogP contribution in [0.1, 0.15) is 48.8 Å². The number of alkyl halides is 1. The van der Waals surface area contributed by atoms with E-state index in [9.17, 15) is 4.79 Å². The lowest BCUT2D eigenvalue weighted by atomic mass is 9.90. The molecule has 0 saturated carbocycles. The van der Waals surface area contributed by atoms with Gasteiger partial charge in [-0.2, -0.15) is 0 Å². The molecule has 3 N–H and O–H groups in total. The Morgan fingerprint density at radius 2 is 1.85 bits per heavy atom. The van der Waals surface area contributed by atoms with E-state index in [2.05, 4.69) is 30.1 Å². The Morgan fingerprint density at radius 3 is 2.56 bits per heavy atom. The number of aromatic nitrogens is 3. The summed E-state index contributed by atoms with van der Waals surface area (Å²) in [5.41, 5.74) is 7.92.